The molecule has 4 rings (SSSR count). The number of hydrogen-bond donors (Lipinski definition) is 2. The number of pyridine rings is 1. The van der Waals surface area contributed by atoms with Gasteiger partial charge in [-0.1, -0.05) is 0 Å². The molecule has 0 saturated carbocycles. The normalized spacial score (nSPS) is 15.0. The summed E-state index contributed by atoms with van der Waals surface area (Å²) in [5.74, 6) is -0.267. The molecule has 0 aliphatic carbocycles. The van der Waals surface area contributed by atoms with Gasteiger partial charge in [0.2, 0.25) is 5.88 Å². The van der Waals surface area contributed by atoms with E-state index in [-0.39, 0.29) is 29.2 Å². The number of piperidine rings is 1. The van der Waals surface area contributed by atoms with Crippen LogP contribution in [-0.4, -0.2) is 62.5 Å². The molecule has 2 N–H and O–H groups in total. The van der Waals surface area contributed by atoms with E-state index in [9.17, 15) is 22.4 Å². The van der Waals surface area contributed by atoms with Crippen molar-refractivity contribution in [2.45, 2.75) is 32.0 Å². The van der Waals surface area contributed by atoms with Gasteiger partial charge in [-0.3, -0.25) is 9.78 Å². The molecule has 1 amide bonds. The van der Waals surface area contributed by atoms with E-state index in [1.807, 2.05) is 0 Å². The van der Waals surface area contributed by atoms with Crippen molar-refractivity contribution in [2.24, 2.45) is 0 Å². The zero-order valence-electron chi connectivity index (χ0n) is 19.2. The van der Waals surface area contributed by atoms with Crippen molar-refractivity contribution in [3.05, 3.63) is 47.7 Å². The van der Waals surface area contributed by atoms with E-state index in [0.29, 0.717) is 30.0 Å². The molecule has 1 saturated heterocycles. The zero-order valence-corrected chi connectivity index (χ0v) is 20.0. The summed E-state index contributed by atoms with van der Waals surface area (Å²) in [7, 11) is 0. The number of alkyl halides is 4. The molecular weight excluding hydrogens is 502 g/mol. The standard InChI is InChI=1S/C22H23F4N7O2S/c1-13-19(21(36-32-13)31-17-12-27-11-16(30-17)22(24,25)26)20(34)29-14-2-3-18(28-10-14)35-15-4-7-33(8-5-15)9-6-23/h2-3,10-12,15H,4-9H2,1H3,(H,29,34)(H,30,31). The van der Waals surface area contributed by atoms with Gasteiger partial charge in [0, 0.05) is 25.7 Å². The van der Waals surface area contributed by atoms with E-state index in [2.05, 4.69) is 34.9 Å². The summed E-state index contributed by atoms with van der Waals surface area (Å²) in [6.45, 7) is 3.21. The predicted octanol–water partition coefficient (Wildman–Crippen LogP) is 4.46. The zero-order chi connectivity index (χ0) is 25.7. The maximum atomic E-state index is 12.9. The first-order valence-electron chi connectivity index (χ1n) is 11.1. The van der Waals surface area contributed by atoms with Crippen molar-refractivity contribution in [1.29, 1.82) is 0 Å². The molecule has 3 aromatic heterocycles. The monoisotopic (exact) mass is 525 g/mol. The highest BCUT2D eigenvalue weighted by Crippen LogP contribution is 2.31. The lowest BCUT2D eigenvalue weighted by atomic mass is 10.1. The quantitative estimate of drug-likeness (QED) is 0.416. The Balaban J connectivity index is 1.38. The lowest BCUT2D eigenvalue weighted by molar-refractivity contribution is -0.141. The van der Waals surface area contributed by atoms with Gasteiger partial charge in [-0.15, -0.1) is 0 Å². The van der Waals surface area contributed by atoms with Gasteiger partial charge in [0.25, 0.3) is 5.91 Å². The number of anilines is 3. The fraction of sp³-hybridized carbons (Fsp3) is 0.409. The van der Waals surface area contributed by atoms with Gasteiger partial charge in [0.15, 0.2) is 5.69 Å². The third-order valence-corrected chi connectivity index (χ3v) is 6.33. The van der Waals surface area contributed by atoms with Crippen LogP contribution in [0.4, 0.5) is 34.1 Å². The molecule has 1 aliphatic rings. The van der Waals surface area contributed by atoms with Gasteiger partial charge in [-0.2, -0.15) is 17.5 Å². The molecule has 0 bridgehead atoms. The summed E-state index contributed by atoms with van der Waals surface area (Å²) in [5, 5.41) is 5.64. The van der Waals surface area contributed by atoms with E-state index >= 15 is 0 Å². The molecule has 0 aromatic carbocycles. The Hall–Kier alpha value is -3.39. The van der Waals surface area contributed by atoms with Crippen LogP contribution in [0.1, 0.15) is 34.6 Å². The van der Waals surface area contributed by atoms with Gasteiger partial charge in [0.05, 0.1) is 35.5 Å². The van der Waals surface area contributed by atoms with E-state index < -0.39 is 17.8 Å². The minimum absolute atomic E-state index is 0.0130. The van der Waals surface area contributed by atoms with E-state index in [1.54, 1.807) is 19.1 Å². The minimum Gasteiger partial charge on any atom is -0.474 e. The van der Waals surface area contributed by atoms with Gasteiger partial charge in [-0.05, 0) is 37.4 Å². The number of halogens is 4. The summed E-state index contributed by atoms with van der Waals surface area (Å²) in [5.41, 5.74) is -0.189. The van der Waals surface area contributed by atoms with Crippen LogP contribution in [0.25, 0.3) is 0 Å². The SMILES string of the molecule is Cc1nsc(Nc2cncc(C(F)(F)F)n2)c1C(=O)Nc1ccc(OC2CCN(CCF)CC2)nc1. The Morgan fingerprint density at radius 3 is 2.67 bits per heavy atom. The third-order valence-electron chi connectivity index (χ3n) is 5.47. The number of aromatic nitrogens is 4. The number of ether oxygens (including phenoxy) is 1. The molecule has 192 valence electrons. The second kappa shape index (κ2) is 11.1. The summed E-state index contributed by atoms with van der Waals surface area (Å²) < 4.78 is 61.3. The molecule has 0 radical (unpaired) electrons. The molecule has 14 heteroatoms. The highest BCUT2D eigenvalue weighted by Gasteiger charge is 2.33. The van der Waals surface area contributed by atoms with Crippen molar-refractivity contribution in [2.75, 3.05) is 36.9 Å². The number of likely N-dealkylation sites (tertiary alicyclic amines) is 1. The average molecular weight is 526 g/mol. The Labute approximate surface area is 208 Å². The largest absolute Gasteiger partial charge is 0.474 e. The fourth-order valence-corrected chi connectivity index (χ4v) is 4.46. The number of rotatable bonds is 8. The van der Waals surface area contributed by atoms with Crippen molar-refractivity contribution in [1.82, 2.24) is 24.2 Å². The Kier molecular flexibility index (Phi) is 7.94. The highest BCUT2D eigenvalue weighted by molar-refractivity contribution is 7.10. The number of carbonyl (C=O) groups is 1. The molecule has 0 spiro atoms. The van der Waals surface area contributed by atoms with Gasteiger partial charge >= 0.3 is 6.18 Å². The number of nitrogens with one attached hydrogen (secondary N) is 2. The van der Waals surface area contributed by atoms with Crippen LogP contribution in [0.2, 0.25) is 0 Å². The predicted molar refractivity (Wildman–Crippen MR) is 125 cm³/mol. The number of amides is 1. The van der Waals surface area contributed by atoms with E-state index in [0.717, 1.165) is 43.7 Å². The third kappa shape index (κ3) is 6.43. The van der Waals surface area contributed by atoms with Crippen molar-refractivity contribution < 1.29 is 27.1 Å². The summed E-state index contributed by atoms with van der Waals surface area (Å²) in [6, 6.07) is 3.28. The fourth-order valence-electron chi connectivity index (χ4n) is 3.66. The van der Waals surface area contributed by atoms with Crippen LogP contribution in [0, 0.1) is 6.92 Å². The molecule has 4 heterocycles. The summed E-state index contributed by atoms with van der Waals surface area (Å²) in [6.07, 6.45) is 0.0798. The van der Waals surface area contributed by atoms with Gasteiger partial charge < -0.3 is 20.3 Å². The Bertz CT molecular complexity index is 1180. The van der Waals surface area contributed by atoms with Crippen molar-refractivity contribution >= 4 is 33.9 Å². The maximum Gasteiger partial charge on any atom is 0.434 e. The molecule has 0 atom stereocenters. The number of hydrogen-bond acceptors (Lipinski definition) is 9. The van der Waals surface area contributed by atoms with Crippen LogP contribution >= 0.6 is 11.5 Å². The van der Waals surface area contributed by atoms with Crippen LogP contribution in [0.15, 0.2) is 30.7 Å². The maximum absolute atomic E-state index is 12.9. The number of carbonyl (C=O) groups excluding carboxylic acids is 1. The first kappa shape index (κ1) is 25.7. The number of aryl methyl sites for hydroxylation is 1. The smallest absolute Gasteiger partial charge is 0.434 e. The summed E-state index contributed by atoms with van der Waals surface area (Å²) >= 11 is 0.917. The van der Waals surface area contributed by atoms with E-state index in [1.165, 1.54) is 6.20 Å². The van der Waals surface area contributed by atoms with Crippen molar-refractivity contribution in [3.63, 3.8) is 0 Å². The first-order chi connectivity index (χ1) is 17.2. The lowest BCUT2D eigenvalue weighted by Crippen LogP contribution is -2.39. The van der Waals surface area contributed by atoms with E-state index in [4.69, 9.17) is 4.74 Å². The molecule has 36 heavy (non-hydrogen) atoms. The van der Waals surface area contributed by atoms with Gasteiger partial charge in [0.1, 0.15) is 23.6 Å². The summed E-state index contributed by atoms with van der Waals surface area (Å²) in [4.78, 5) is 26.3. The second-order valence-corrected chi connectivity index (χ2v) is 8.84. The molecule has 1 fully saturated rings. The van der Waals surface area contributed by atoms with Crippen molar-refractivity contribution in [3.8, 4) is 5.88 Å². The first-order valence-corrected chi connectivity index (χ1v) is 11.8. The molecule has 1 aliphatic heterocycles. The highest BCUT2D eigenvalue weighted by atomic mass is 32.1. The molecule has 9 nitrogen and oxygen atoms in total. The number of nitrogens with zero attached hydrogens (tertiary/aromatic N) is 5. The topological polar surface area (TPSA) is 105 Å². The van der Waals surface area contributed by atoms with Crippen LogP contribution in [0.3, 0.4) is 0 Å². The Morgan fingerprint density at radius 2 is 2.00 bits per heavy atom. The average Bonchev–Trinajstić information content (AvgIpc) is 3.21. The Morgan fingerprint density at radius 1 is 1.22 bits per heavy atom. The second-order valence-electron chi connectivity index (χ2n) is 8.07. The minimum atomic E-state index is -4.65. The molecule has 0 unspecified atom stereocenters. The van der Waals surface area contributed by atoms with Crippen LogP contribution in [-0.2, 0) is 6.18 Å². The van der Waals surface area contributed by atoms with Crippen LogP contribution < -0.4 is 15.4 Å². The van der Waals surface area contributed by atoms with Crippen LogP contribution in [0.5, 0.6) is 5.88 Å². The molecular formula is C22H23F4N7O2S. The lowest BCUT2D eigenvalue weighted by Gasteiger charge is -2.31. The molecule has 3 aromatic rings. The van der Waals surface area contributed by atoms with Gasteiger partial charge in [-0.25, -0.2) is 14.4 Å².